The molecule has 0 saturated heterocycles. The Morgan fingerprint density at radius 1 is 0.462 bits per heavy atom. The van der Waals surface area contributed by atoms with Gasteiger partial charge in [0, 0.05) is 65.4 Å². The van der Waals surface area contributed by atoms with Gasteiger partial charge in [0.25, 0.3) is 5.76 Å². The Kier molecular flexibility index (Phi) is 42.8. The summed E-state index contributed by atoms with van der Waals surface area (Å²) >= 11 is 0. The van der Waals surface area contributed by atoms with Gasteiger partial charge in [-0.25, -0.2) is 28.8 Å². The summed E-state index contributed by atoms with van der Waals surface area (Å²) in [4.78, 5) is 203. The van der Waals surface area contributed by atoms with Crippen molar-refractivity contribution < 1.29 is 124 Å². The Bertz CT molecular complexity index is 4960. The number of benzene rings is 4. The van der Waals surface area contributed by atoms with E-state index in [4.69, 9.17) is 32.8 Å². The van der Waals surface area contributed by atoms with Gasteiger partial charge in [-0.15, -0.1) is 0 Å². The summed E-state index contributed by atoms with van der Waals surface area (Å²) in [5.74, 6) is -8.24. The van der Waals surface area contributed by atoms with Gasteiger partial charge >= 0.3 is 41.8 Å². The highest BCUT2D eigenvalue weighted by atomic mass is 16.6. The number of pyridine rings is 3. The maximum absolute atomic E-state index is 12.8. The molecule has 4 aromatic carbocycles. The van der Waals surface area contributed by atoms with E-state index >= 15 is 0 Å². The van der Waals surface area contributed by atoms with Crippen molar-refractivity contribution in [3.8, 4) is 23.0 Å². The molecule has 0 spiro atoms. The monoisotopic (exact) mass is 1650 g/mol. The number of hydrogen-bond acceptors (Lipinski definition) is 31. The summed E-state index contributed by atoms with van der Waals surface area (Å²) in [6.07, 6.45) is 6.87. The number of ether oxygens (including phenoxy) is 12. The SMILES string of the molecule is CCC(=O)/C(=C/N(C)C)C(=O)OC.CCC(=O)CC(=O)OC.COC(=O)c1[nH]cc(C(C)=O)c(=O)c1OCc1ccccc1.COC(=O)c1c(OCc2ccccc2)c(=O)c(C(C)=O)cn1CC(C)OC.COC(=O)c1cn(CC=O)c(C(=O)OC)c(OCc2ccccc2)c1=O.COC(=O)c1occ(C(C)=O)c(=O)c1OCc1ccccc1. The van der Waals surface area contributed by atoms with Crippen LogP contribution in [0.4, 0.5) is 0 Å². The van der Waals surface area contributed by atoms with Gasteiger partial charge in [-0.05, 0) is 49.9 Å². The lowest BCUT2D eigenvalue weighted by Gasteiger charge is -2.20. The zero-order chi connectivity index (χ0) is 89.0. The Labute approximate surface area is 683 Å². The molecule has 0 saturated carbocycles. The van der Waals surface area contributed by atoms with E-state index in [-0.39, 0.29) is 137 Å². The average Bonchev–Trinajstić information content (AvgIpc) is 0.794. The maximum Gasteiger partial charge on any atom is 0.378 e. The Morgan fingerprint density at radius 3 is 1.24 bits per heavy atom. The third-order valence-corrected chi connectivity index (χ3v) is 15.9. The van der Waals surface area contributed by atoms with Crippen LogP contribution in [-0.2, 0) is 101 Å². The molecule has 634 valence electrons. The molecule has 1 unspecified atom stereocenters. The predicted molar refractivity (Wildman–Crippen MR) is 427 cm³/mol. The minimum absolute atomic E-state index is 0.0220. The van der Waals surface area contributed by atoms with Crippen molar-refractivity contribution in [1.82, 2.24) is 19.0 Å². The van der Waals surface area contributed by atoms with Crippen molar-refractivity contribution in [3.63, 3.8) is 0 Å². The molecular weight excluding hydrogens is 1560 g/mol. The van der Waals surface area contributed by atoms with Crippen LogP contribution in [0.15, 0.2) is 182 Å². The van der Waals surface area contributed by atoms with Crippen molar-refractivity contribution in [3.05, 3.63) is 266 Å². The number of ketones is 5. The Morgan fingerprint density at radius 2 is 0.857 bits per heavy atom. The highest BCUT2D eigenvalue weighted by molar-refractivity contribution is 6.17. The topological polar surface area (TPSA) is 443 Å². The number of carbonyl (C=O) groups excluding carboxylic acids is 13. The molecule has 0 aliphatic carbocycles. The number of H-pyrrole nitrogens is 1. The molecule has 1 atom stereocenters. The summed E-state index contributed by atoms with van der Waals surface area (Å²) in [5.41, 5.74) is -0.620. The number of aldehydes is 1. The smallest absolute Gasteiger partial charge is 0.378 e. The van der Waals surface area contributed by atoms with Crippen LogP contribution >= 0.6 is 0 Å². The van der Waals surface area contributed by atoms with E-state index in [9.17, 15) is 81.5 Å². The minimum atomic E-state index is -0.907. The second-order valence-corrected chi connectivity index (χ2v) is 24.6. The molecule has 0 fully saturated rings. The van der Waals surface area contributed by atoms with Crippen LogP contribution in [0.25, 0.3) is 0 Å². The fourth-order valence-corrected chi connectivity index (χ4v) is 9.68. The highest BCUT2D eigenvalue weighted by Gasteiger charge is 2.30. The third-order valence-electron chi connectivity index (χ3n) is 15.9. The zero-order valence-electron chi connectivity index (χ0n) is 68.5. The lowest BCUT2D eigenvalue weighted by molar-refractivity contribution is -0.143. The van der Waals surface area contributed by atoms with Crippen molar-refractivity contribution in [2.24, 2.45) is 0 Å². The fourth-order valence-electron chi connectivity index (χ4n) is 9.68. The molecule has 119 heavy (non-hydrogen) atoms. The predicted octanol–water partition coefficient (Wildman–Crippen LogP) is 8.91. The van der Waals surface area contributed by atoms with Crippen molar-refractivity contribution >= 4 is 77.0 Å². The number of Topliss-reactive ketones (excluding diaryl/α,β-unsaturated/α-hetero) is 5. The van der Waals surface area contributed by atoms with E-state index in [0.717, 1.165) is 60.6 Å². The van der Waals surface area contributed by atoms with Crippen molar-refractivity contribution in [1.29, 1.82) is 0 Å². The lowest BCUT2D eigenvalue weighted by atomic mass is 10.1. The van der Waals surface area contributed by atoms with E-state index < -0.39 is 80.9 Å². The molecule has 4 heterocycles. The summed E-state index contributed by atoms with van der Waals surface area (Å²) in [6, 6.07) is 36.4. The third kappa shape index (κ3) is 30.8. The van der Waals surface area contributed by atoms with Gasteiger partial charge in [0.05, 0.1) is 73.5 Å². The van der Waals surface area contributed by atoms with Gasteiger partial charge in [-0.3, -0.25) is 47.9 Å². The van der Waals surface area contributed by atoms with Crippen LogP contribution in [0.2, 0.25) is 0 Å². The molecule has 34 heteroatoms. The molecule has 4 aromatic heterocycles. The molecule has 0 amide bonds. The largest absolute Gasteiger partial charge is 0.482 e. The lowest BCUT2D eigenvalue weighted by Crippen LogP contribution is -2.28. The summed E-state index contributed by atoms with van der Waals surface area (Å²) in [6.45, 7) is 9.16. The first-order valence-electron chi connectivity index (χ1n) is 35.9. The van der Waals surface area contributed by atoms with Crippen LogP contribution in [0.1, 0.15) is 167 Å². The molecule has 34 nitrogen and oxygen atoms in total. The Balaban J connectivity index is 0.000000380. The number of aromatic nitrogens is 3. The maximum atomic E-state index is 12.8. The molecule has 0 aliphatic heterocycles. The van der Waals surface area contributed by atoms with Crippen molar-refractivity contribution in [2.75, 3.05) is 71.0 Å². The first-order valence-corrected chi connectivity index (χ1v) is 35.9. The summed E-state index contributed by atoms with van der Waals surface area (Å²) in [5, 5.41) is 0. The molecule has 1 N–H and O–H groups in total. The molecule has 0 radical (unpaired) electrons. The number of nitrogens with zero attached hydrogens (tertiary/aromatic N) is 3. The molecule has 0 aliphatic rings. The van der Waals surface area contributed by atoms with E-state index in [1.165, 1.54) is 79.5 Å². The van der Waals surface area contributed by atoms with Crippen molar-refractivity contribution in [2.45, 2.75) is 106 Å². The van der Waals surface area contributed by atoms with E-state index in [0.29, 0.717) is 19.1 Å². The number of esters is 7. The van der Waals surface area contributed by atoms with E-state index in [1.54, 1.807) is 76.2 Å². The fraction of sp³-hybridized carbons (Fsp3) is 0.306. The number of rotatable bonds is 32. The quantitative estimate of drug-likeness (QED) is 0.00781. The molecule has 8 aromatic rings. The first-order chi connectivity index (χ1) is 56.7. The second-order valence-electron chi connectivity index (χ2n) is 24.6. The van der Waals surface area contributed by atoms with Gasteiger partial charge in [0.1, 0.15) is 67.9 Å². The van der Waals surface area contributed by atoms with Gasteiger partial charge in [0.15, 0.2) is 57.5 Å². The molecular formula is C85H94N4O30. The van der Waals surface area contributed by atoms with Crippen LogP contribution < -0.4 is 40.7 Å². The number of nitrogens with one attached hydrogen (secondary N) is 1. The standard InChI is InChI=1S/C20H23NO6.C18H17NO7.C16H15NO5.C16H14O6.C9H15NO3.C6H10O3/c1-13(25-3)10-21-11-16(14(2)22)18(23)19(17(21)20(24)26-4)27-12-15-8-6-5-7-9-15;1-24-17(22)13-10-19(8-9-20)14(18(23)25-2)16(15(13)21)26-11-12-6-4-3-5-7-12;1-10(18)12-8-17-13(16(20)21-2)15(14(12)19)22-9-11-6-4-3-5-7-11;1-10(17)12-9-22-15(16(19)20-2)14(13(12)18)21-8-11-6-4-3-5-7-11;1-5-8(11)7(6-10(2)3)9(12)13-4;1-3-5(7)4-6(8)9-2/h5-9,11,13H,10,12H2,1-4H3;3-7,9-10H,8,11H2,1-2H3;3-8H,9H2,1-2H3,(H,17,19);3-7,9H,8H2,1-2H3;6H,5H2,1-4H3;3-4H2,1-2H3/b;;;;7-6-;. The normalized spacial score (nSPS) is 10.4. The number of aromatic amines is 1. The number of hydrogen-bond donors (Lipinski definition) is 1. The van der Waals surface area contributed by atoms with Gasteiger partial charge in [-0.1, -0.05) is 135 Å². The summed E-state index contributed by atoms with van der Waals surface area (Å²) in [7, 11) is 13.4. The number of carbonyl (C=O) groups is 13. The van der Waals surface area contributed by atoms with E-state index in [1.807, 2.05) is 84.9 Å². The van der Waals surface area contributed by atoms with Gasteiger partial charge < -0.3 is 85.1 Å². The Hall–Kier alpha value is -14.3. The molecule has 8 rings (SSSR count). The highest BCUT2D eigenvalue weighted by Crippen LogP contribution is 2.24. The van der Waals surface area contributed by atoms with Gasteiger partial charge in [-0.2, -0.15) is 0 Å². The number of methoxy groups -OCH3 is 8. The van der Waals surface area contributed by atoms with Gasteiger partial charge in [0.2, 0.25) is 27.5 Å². The zero-order valence-corrected chi connectivity index (χ0v) is 68.5. The van der Waals surface area contributed by atoms with Crippen LogP contribution in [-0.4, -0.2) is 173 Å². The van der Waals surface area contributed by atoms with Crippen LogP contribution in [0.3, 0.4) is 0 Å². The minimum Gasteiger partial charge on any atom is -0.482 e. The van der Waals surface area contributed by atoms with E-state index in [2.05, 4.69) is 33.4 Å². The summed E-state index contributed by atoms with van der Waals surface area (Å²) < 4.78 is 67.0. The average molecular weight is 1650 g/mol. The molecule has 0 bridgehead atoms. The van der Waals surface area contributed by atoms with Crippen LogP contribution in [0, 0.1) is 0 Å². The van der Waals surface area contributed by atoms with Crippen LogP contribution in [0.5, 0.6) is 23.0 Å². The second kappa shape index (κ2) is 51.5. The first kappa shape index (κ1) is 98.9.